The summed E-state index contributed by atoms with van der Waals surface area (Å²) < 4.78 is 5.01. The Hall–Kier alpha value is -0.160. The number of ether oxygens (including phenoxy) is 1. The van der Waals surface area contributed by atoms with Gasteiger partial charge in [0.2, 0.25) is 0 Å². The van der Waals surface area contributed by atoms with E-state index in [1.807, 2.05) is 0 Å². The van der Waals surface area contributed by atoms with Crippen LogP contribution < -0.4 is 11.1 Å². The van der Waals surface area contributed by atoms with Crippen molar-refractivity contribution in [2.24, 2.45) is 5.73 Å². The fraction of sp³-hybridized carbons (Fsp3) is 1.00. The number of hydrogen-bond donors (Lipinski definition) is 2. The minimum absolute atomic E-state index is 0.260. The minimum atomic E-state index is 0.260. The average molecular weight is 271 g/mol. The van der Waals surface area contributed by atoms with Crippen molar-refractivity contribution < 1.29 is 4.74 Å². The lowest BCUT2D eigenvalue weighted by atomic mass is 9.77. The highest BCUT2D eigenvalue weighted by Gasteiger charge is 2.42. The third-order valence-electron chi connectivity index (χ3n) is 4.15. The van der Waals surface area contributed by atoms with E-state index in [-0.39, 0.29) is 11.1 Å². The Morgan fingerprint density at radius 1 is 1.11 bits per heavy atom. The van der Waals surface area contributed by atoms with E-state index in [4.69, 9.17) is 10.5 Å². The van der Waals surface area contributed by atoms with Gasteiger partial charge in [-0.3, -0.25) is 4.90 Å². The Bertz CT molecular complexity index is 233. The van der Waals surface area contributed by atoms with E-state index in [1.165, 1.54) is 0 Å². The van der Waals surface area contributed by atoms with Gasteiger partial charge in [0.25, 0.3) is 0 Å². The van der Waals surface area contributed by atoms with Crippen molar-refractivity contribution in [1.29, 1.82) is 0 Å². The number of piperidine rings is 1. The average Bonchev–Trinajstić information content (AvgIpc) is 2.28. The maximum Gasteiger partial charge on any atom is 0.0591 e. The molecule has 3 N–H and O–H groups in total. The first-order valence-corrected chi connectivity index (χ1v) is 7.61. The van der Waals surface area contributed by atoms with Gasteiger partial charge < -0.3 is 15.8 Å². The van der Waals surface area contributed by atoms with Crippen molar-refractivity contribution in [3.05, 3.63) is 0 Å². The van der Waals surface area contributed by atoms with Crippen LogP contribution in [-0.4, -0.2) is 54.9 Å². The van der Waals surface area contributed by atoms with Crippen molar-refractivity contribution in [3.63, 3.8) is 0 Å². The van der Waals surface area contributed by atoms with Gasteiger partial charge in [0.05, 0.1) is 13.2 Å². The Labute approximate surface area is 119 Å². The second kappa shape index (κ2) is 7.02. The molecule has 0 bridgehead atoms. The summed E-state index contributed by atoms with van der Waals surface area (Å²) in [5.41, 5.74) is 6.60. The summed E-state index contributed by atoms with van der Waals surface area (Å²) in [4.78, 5) is 2.57. The minimum Gasteiger partial charge on any atom is -0.379 e. The van der Waals surface area contributed by atoms with Gasteiger partial charge >= 0.3 is 0 Å². The van der Waals surface area contributed by atoms with Crippen LogP contribution in [0, 0.1) is 0 Å². The summed E-state index contributed by atoms with van der Waals surface area (Å²) in [7, 11) is 0. The molecular formula is C15H33N3O. The second-order valence-electron chi connectivity index (χ2n) is 6.90. The van der Waals surface area contributed by atoms with E-state index in [9.17, 15) is 0 Å². The molecule has 4 nitrogen and oxygen atoms in total. The molecule has 0 aromatic heterocycles. The molecule has 2 saturated heterocycles. The van der Waals surface area contributed by atoms with E-state index >= 15 is 0 Å². The lowest BCUT2D eigenvalue weighted by Gasteiger charge is -2.54. The number of nitrogens with one attached hydrogen (secondary N) is 1. The third-order valence-corrected chi connectivity index (χ3v) is 4.15. The van der Waals surface area contributed by atoms with Gasteiger partial charge in [-0.05, 0) is 47.1 Å². The normalized spacial score (nSPS) is 27.5. The van der Waals surface area contributed by atoms with Gasteiger partial charge in [-0.2, -0.15) is 0 Å². The number of hydrogen-bond acceptors (Lipinski definition) is 4. The molecule has 19 heavy (non-hydrogen) atoms. The zero-order valence-electron chi connectivity index (χ0n) is 13.5. The molecule has 4 heteroatoms. The highest BCUT2D eigenvalue weighted by molar-refractivity contribution is 5.00. The van der Waals surface area contributed by atoms with E-state index in [0.29, 0.717) is 6.04 Å². The van der Waals surface area contributed by atoms with Crippen molar-refractivity contribution in [2.45, 2.75) is 64.6 Å². The number of likely N-dealkylation sites (tertiary alicyclic amines) is 1. The predicted molar refractivity (Wildman–Crippen MR) is 81.4 cm³/mol. The molecule has 0 aromatic rings. The molecule has 0 atom stereocenters. The molecule has 0 radical (unpaired) electrons. The topological polar surface area (TPSA) is 50.5 Å². The molecular weight excluding hydrogens is 238 g/mol. The van der Waals surface area contributed by atoms with Crippen molar-refractivity contribution in [3.8, 4) is 0 Å². The fourth-order valence-corrected chi connectivity index (χ4v) is 3.77. The van der Waals surface area contributed by atoms with Gasteiger partial charge in [-0.15, -0.1) is 0 Å². The Kier molecular flexibility index (Phi) is 6.24. The number of nitrogens with two attached hydrogens (primary N) is 1. The van der Waals surface area contributed by atoms with Crippen LogP contribution >= 0.6 is 0 Å². The molecule has 0 spiro atoms. The van der Waals surface area contributed by atoms with Crippen LogP contribution in [0.15, 0.2) is 0 Å². The quantitative estimate of drug-likeness (QED) is 0.760. The standard InChI is InChI=1S/C11H24N2.C4H9NO/c1-6-13-10(2,3)7-9(12)8-11(13,4)5;1-3-6-4-2-5-1/h9H,6-8,12H2,1-5H3;5H,1-4H2. The van der Waals surface area contributed by atoms with Crippen molar-refractivity contribution in [1.82, 2.24) is 10.2 Å². The van der Waals surface area contributed by atoms with Gasteiger partial charge in [0.15, 0.2) is 0 Å². The van der Waals surface area contributed by atoms with Crippen molar-refractivity contribution in [2.75, 3.05) is 32.8 Å². The summed E-state index contributed by atoms with van der Waals surface area (Å²) in [6.07, 6.45) is 2.23. The van der Waals surface area contributed by atoms with Crippen LogP contribution in [0.3, 0.4) is 0 Å². The zero-order valence-corrected chi connectivity index (χ0v) is 13.5. The lowest BCUT2D eigenvalue weighted by Crippen LogP contribution is -2.62. The molecule has 0 aliphatic carbocycles. The van der Waals surface area contributed by atoms with Gasteiger partial charge in [-0.1, -0.05) is 6.92 Å². The number of morpholine rings is 1. The van der Waals surface area contributed by atoms with Gasteiger partial charge in [0.1, 0.15) is 0 Å². The molecule has 2 aliphatic rings. The van der Waals surface area contributed by atoms with Crippen LogP contribution in [0.1, 0.15) is 47.5 Å². The van der Waals surface area contributed by atoms with E-state index in [1.54, 1.807) is 0 Å². The lowest BCUT2D eigenvalue weighted by molar-refractivity contribution is -0.0300. The van der Waals surface area contributed by atoms with Crippen LogP contribution in [0.25, 0.3) is 0 Å². The van der Waals surface area contributed by atoms with E-state index in [2.05, 4.69) is 44.8 Å². The molecule has 0 amide bonds. The summed E-state index contributed by atoms with van der Waals surface area (Å²) in [5, 5.41) is 3.16. The highest BCUT2D eigenvalue weighted by Crippen LogP contribution is 2.37. The monoisotopic (exact) mass is 271 g/mol. The van der Waals surface area contributed by atoms with Gasteiger partial charge in [-0.25, -0.2) is 0 Å². The summed E-state index contributed by atoms with van der Waals surface area (Å²) in [5.74, 6) is 0. The highest BCUT2D eigenvalue weighted by atomic mass is 16.5. The number of nitrogens with zero attached hydrogens (tertiary/aromatic N) is 1. The summed E-state index contributed by atoms with van der Waals surface area (Å²) in [6.45, 7) is 16.4. The van der Waals surface area contributed by atoms with Crippen LogP contribution in [0.5, 0.6) is 0 Å². The maximum absolute atomic E-state index is 6.08. The summed E-state index contributed by atoms with van der Waals surface area (Å²) >= 11 is 0. The molecule has 2 fully saturated rings. The summed E-state index contributed by atoms with van der Waals surface area (Å²) in [6, 6.07) is 0.368. The Balaban J connectivity index is 0.000000250. The van der Waals surface area contributed by atoms with Crippen molar-refractivity contribution >= 4 is 0 Å². The molecule has 2 aliphatic heterocycles. The van der Waals surface area contributed by atoms with E-state index < -0.39 is 0 Å². The molecule has 0 saturated carbocycles. The number of rotatable bonds is 1. The van der Waals surface area contributed by atoms with Crippen LogP contribution in [0.4, 0.5) is 0 Å². The zero-order chi connectivity index (χ0) is 14.5. The largest absolute Gasteiger partial charge is 0.379 e. The van der Waals surface area contributed by atoms with Crippen LogP contribution in [0.2, 0.25) is 0 Å². The SMILES string of the molecule is C1COCCN1.CCN1C(C)(C)CC(N)CC1(C)C. The van der Waals surface area contributed by atoms with E-state index in [0.717, 1.165) is 45.7 Å². The predicted octanol–water partition coefficient (Wildman–Crippen LogP) is 1.59. The molecule has 114 valence electrons. The molecule has 2 rings (SSSR count). The molecule has 0 aromatic carbocycles. The Morgan fingerprint density at radius 3 is 1.84 bits per heavy atom. The third kappa shape index (κ3) is 5.03. The van der Waals surface area contributed by atoms with Gasteiger partial charge in [0, 0.05) is 30.2 Å². The van der Waals surface area contributed by atoms with Crippen LogP contribution in [-0.2, 0) is 4.74 Å². The molecule has 0 unspecified atom stereocenters. The fourth-order valence-electron chi connectivity index (χ4n) is 3.77. The Morgan fingerprint density at radius 2 is 1.58 bits per heavy atom. The first-order chi connectivity index (χ1) is 8.79. The smallest absolute Gasteiger partial charge is 0.0591 e. The second-order valence-corrected chi connectivity index (χ2v) is 6.90. The first kappa shape index (κ1) is 16.9. The molecule has 2 heterocycles. The first-order valence-electron chi connectivity index (χ1n) is 7.61. The maximum atomic E-state index is 6.08.